The third-order valence-electron chi connectivity index (χ3n) is 11.7. The lowest BCUT2D eigenvalue weighted by Gasteiger charge is -2.35. The highest BCUT2D eigenvalue weighted by atomic mass is 16.5. The van der Waals surface area contributed by atoms with Crippen LogP contribution in [0.15, 0.2) is 91.0 Å². The highest BCUT2D eigenvalue weighted by Gasteiger charge is 2.35. The highest BCUT2D eigenvalue weighted by molar-refractivity contribution is 6.00. The van der Waals surface area contributed by atoms with Gasteiger partial charge in [-0.3, -0.25) is 24.7 Å². The van der Waals surface area contributed by atoms with Crippen LogP contribution in [0.2, 0.25) is 0 Å². The summed E-state index contributed by atoms with van der Waals surface area (Å²) >= 11 is 0. The molecule has 4 aliphatic rings. The number of nitrogens with zero attached hydrogens (tertiary/aromatic N) is 2. The molecule has 3 aliphatic heterocycles. The summed E-state index contributed by atoms with van der Waals surface area (Å²) in [6, 6.07) is 31.4. The van der Waals surface area contributed by atoms with Crippen molar-refractivity contribution < 1.29 is 24.2 Å². The van der Waals surface area contributed by atoms with Crippen LogP contribution in [0, 0.1) is 5.92 Å². The van der Waals surface area contributed by atoms with Crippen LogP contribution in [0.25, 0.3) is 0 Å². The van der Waals surface area contributed by atoms with E-state index in [9.17, 15) is 14.7 Å². The number of amides is 2. The molecule has 4 aromatic rings. The molecule has 2 N–H and O–H groups in total. The van der Waals surface area contributed by atoms with Crippen molar-refractivity contribution in [2.45, 2.75) is 75.9 Å². The Kier molecular flexibility index (Phi) is 10.3. The summed E-state index contributed by atoms with van der Waals surface area (Å²) in [6.45, 7) is 5.86. The quantitative estimate of drug-likeness (QED) is 0.164. The summed E-state index contributed by atoms with van der Waals surface area (Å²) in [5.41, 5.74) is 7.63. The normalized spacial score (nSPS) is 23.5. The van der Waals surface area contributed by atoms with Gasteiger partial charge in [-0.15, -0.1) is 0 Å². The first-order chi connectivity index (χ1) is 25.5. The number of phenolic OH excluding ortho intramolecular Hbond substituents is 1. The van der Waals surface area contributed by atoms with Gasteiger partial charge in [0.1, 0.15) is 23.9 Å². The van der Waals surface area contributed by atoms with E-state index in [1.165, 1.54) is 46.2 Å². The summed E-state index contributed by atoms with van der Waals surface area (Å²) < 4.78 is 12.5. The molecule has 2 fully saturated rings. The molecular formula is C44H49N3O5. The van der Waals surface area contributed by atoms with Crippen LogP contribution < -0.4 is 14.8 Å². The molecular weight excluding hydrogens is 651 g/mol. The number of rotatable bonds is 11. The van der Waals surface area contributed by atoms with E-state index in [2.05, 4.69) is 87.9 Å². The predicted octanol–water partition coefficient (Wildman–Crippen LogP) is 6.93. The van der Waals surface area contributed by atoms with Crippen molar-refractivity contribution in [1.82, 2.24) is 15.1 Å². The number of likely N-dealkylation sites (tertiary alicyclic amines) is 1. The molecule has 4 atom stereocenters. The number of nitrogens with one attached hydrogen (secondary N) is 1. The number of carbonyl (C=O) groups excluding carboxylic acids is 2. The Labute approximate surface area is 306 Å². The number of aryl methyl sites for hydroxylation is 1. The zero-order valence-electron chi connectivity index (χ0n) is 29.8. The smallest absolute Gasteiger partial charge is 0.243 e. The Balaban J connectivity index is 0.804. The van der Waals surface area contributed by atoms with Crippen molar-refractivity contribution in [2.75, 3.05) is 32.8 Å². The van der Waals surface area contributed by atoms with Gasteiger partial charge in [0.2, 0.25) is 11.8 Å². The molecule has 8 heteroatoms. The van der Waals surface area contributed by atoms with Gasteiger partial charge in [0.05, 0.1) is 12.6 Å². The number of ether oxygens (including phenoxy) is 2. The Morgan fingerprint density at radius 1 is 0.750 bits per heavy atom. The first-order valence-electron chi connectivity index (χ1n) is 19.1. The van der Waals surface area contributed by atoms with Gasteiger partial charge in [-0.05, 0) is 127 Å². The van der Waals surface area contributed by atoms with E-state index in [1.54, 1.807) is 0 Å². The van der Waals surface area contributed by atoms with Gasteiger partial charge in [0.25, 0.3) is 0 Å². The van der Waals surface area contributed by atoms with Crippen molar-refractivity contribution in [3.8, 4) is 17.2 Å². The lowest BCUT2D eigenvalue weighted by Crippen LogP contribution is -2.50. The van der Waals surface area contributed by atoms with Gasteiger partial charge in [0.15, 0.2) is 0 Å². The number of hydrogen-bond donors (Lipinski definition) is 2. The molecule has 0 bridgehead atoms. The number of phenols is 1. The minimum Gasteiger partial charge on any atom is -0.508 e. The molecule has 3 heterocycles. The number of imide groups is 1. The maximum atomic E-state index is 12.4. The third-order valence-corrected chi connectivity index (χ3v) is 11.7. The van der Waals surface area contributed by atoms with Gasteiger partial charge in [-0.1, -0.05) is 54.6 Å². The second kappa shape index (κ2) is 15.5. The fourth-order valence-corrected chi connectivity index (χ4v) is 9.01. The molecule has 8 rings (SSSR count). The molecule has 1 aliphatic carbocycles. The Hall–Kier alpha value is -4.66. The summed E-state index contributed by atoms with van der Waals surface area (Å²) in [7, 11) is 0. The number of aromatic hydroxyl groups is 1. The van der Waals surface area contributed by atoms with Crippen molar-refractivity contribution in [1.29, 1.82) is 0 Å². The van der Waals surface area contributed by atoms with Gasteiger partial charge >= 0.3 is 0 Å². The summed E-state index contributed by atoms with van der Waals surface area (Å²) in [5, 5.41) is 12.7. The fourth-order valence-electron chi connectivity index (χ4n) is 9.01. The number of piperidine rings is 2. The number of hydrogen-bond acceptors (Lipinski definition) is 7. The van der Waals surface area contributed by atoms with E-state index in [0.29, 0.717) is 50.2 Å². The van der Waals surface area contributed by atoms with Crippen LogP contribution in [0.4, 0.5) is 0 Å². The van der Waals surface area contributed by atoms with Crippen molar-refractivity contribution >= 4 is 11.8 Å². The van der Waals surface area contributed by atoms with E-state index in [-0.39, 0.29) is 23.8 Å². The van der Waals surface area contributed by atoms with Crippen LogP contribution in [0.5, 0.6) is 17.2 Å². The number of carbonyl (C=O) groups is 2. The van der Waals surface area contributed by atoms with E-state index in [1.807, 2.05) is 18.2 Å². The molecule has 8 nitrogen and oxygen atoms in total. The van der Waals surface area contributed by atoms with Gasteiger partial charge in [-0.25, -0.2) is 0 Å². The Morgan fingerprint density at radius 2 is 1.56 bits per heavy atom. The SMILES string of the molecule is O=C1CC[C@H](N2Cc3ccc(OCC[C@@H]4CCCN(CCOc5ccc([C@H]6c7ccc(O)cc7CC[C@H]6c6ccccc6)cc5)C4)cc3C2)C(=O)N1. The van der Waals surface area contributed by atoms with Crippen LogP contribution in [-0.4, -0.2) is 65.6 Å². The fraction of sp³-hybridized carbons (Fsp3) is 0.409. The van der Waals surface area contributed by atoms with Crippen LogP contribution in [0.1, 0.15) is 83.7 Å². The van der Waals surface area contributed by atoms with Crippen LogP contribution in [-0.2, 0) is 29.1 Å². The second-order valence-corrected chi connectivity index (χ2v) is 15.1. The highest BCUT2D eigenvalue weighted by Crippen LogP contribution is 2.47. The Bertz CT molecular complexity index is 1880. The number of benzene rings is 4. The average molecular weight is 700 g/mol. The maximum absolute atomic E-state index is 12.4. The standard InChI is InChI=1S/C44H49N3O5/c48-36-12-17-40-33(25-36)11-16-39(31-6-2-1-3-7-31)43(40)32-8-13-37(14-9-32)52-24-22-46-21-4-5-30(27-46)20-23-51-38-15-10-34-28-47(29-35(34)26-38)41-18-19-42(49)45-44(41)50/h1-3,6-10,12-15,17,25-26,30,39,41,43,48H,4-5,11,16,18-24,27-29H2,(H,45,49,50)/t30-,39-,41-,43+/m0/s1. The second-order valence-electron chi connectivity index (χ2n) is 15.1. The van der Waals surface area contributed by atoms with Gasteiger partial charge in [0, 0.05) is 38.5 Å². The van der Waals surface area contributed by atoms with E-state index in [4.69, 9.17) is 9.47 Å². The molecule has 0 radical (unpaired) electrons. The zero-order chi connectivity index (χ0) is 35.4. The van der Waals surface area contributed by atoms with Gasteiger partial charge in [-0.2, -0.15) is 0 Å². The monoisotopic (exact) mass is 699 g/mol. The summed E-state index contributed by atoms with van der Waals surface area (Å²) in [4.78, 5) is 28.6. The van der Waals surface area contributed by atoms with Crippen LogP contribution >= 0.6 is 0 Å². The molecule has 270 valence electrons. The van der Waals surface area contributed by atoms with E-state index < -0.39 is 0 Å². The third kappa shape index (κ3) is 7.74. The zero-order valence-corrected chi connectivity index (χ0v) is 29.8. The average Bonchev–Trinajstić information content (AvgIpc) is 3.58. The Morgan fingerprint density at radius 3 is 2.40 bits per heavy atom. The minimum absolute atomic E-state index is 0.173. The first-order valence-corrected chi connectivity index (χ1v) is 19.1. The molecule has 0 spiro atoms. The van der Waals surface area contributed by atoms with E-state index >= 15 is 0 Å². The molecule has 52 heavy (non-hydrogen) atoms. The maximum Gasteiger partial charge on any atom is 0.243 e. The molecule has 4 aromatic carbocycles. The lowest BCUT2D eigenvalue weighted by molar-refractivity contribution is -0.137. The van der Waals surface area contributed by atoms with Crippen molar-refractivity contribution in [3.63, 3.8) is 0 Å². The molecule has 0 saturated carbocycles. The molecule has 0 unspecified atom stereocenters. The predicted molar refractivity (Wildman–Crippen MR) is 201 cm³/mol. The molecule has 2 saturated heterocycles. The largest absolute Gasteiger partial charge is 0.508 e. The number of fused-ring (bicyclic) bond motifs is 2. The first kappa shape index (κ1) is 34.4. The topological polar surface area (TPSA) is 91.3 Å². The molecule has 2 amide bonds. The van der Waals surface area contributed by atoms with E-state index in [0.717, 1.165) is 56.9 Å². The van der Waals surface area contributed by atoms with Crippen LogP contribution in [0.3, 0.4) is 0 Å². The van der Waals surface area contributed by atoms with Crippen molar-refractivity contribution in [3.05, 3.63) is 124 Å². The molecule has 0 aromatic heterocycles. The minimum atomic E-state index is -0.245. The van der Waals surface area contributed by atoms with Gasteiger partial charge < -0.3 is 14.6 Å². The van der Waals surface area contributed by atoms with Crippen molar-refractivity contribution in [2.24, 2.45) is 5.92 Å². The summed E-state index contributed by atoms with van der Waals surface area (Å²) in [6.07, 6.45) is 6.44. The summed E-state index contributed by atoms with van der Waals surface area (Å²) in [5.74, 6) is 2.99. The lowest BCUT2D eigenvalue weighted by atomic mass is 9.69.